The second-order valence-corrected chi connectivity index (χ2v) is 3.49. The Hall–Kier alpha value is -0.820. The second kappa shape index (κ2) is 6.70. The molecule has 0 aliphatic carbocycles. The fourth-order valence-electron chi connectivity index (χ4n) is 0.530. The van der Waals surface area contributed by atoms with Crippen LogP contribution in [0.15, 0.2) is 12.3 Å². The molecule has 0 N–H and O–H groups in total. The molecule has 0 aliphatic heterocycles. The predicted octanol–water partition coefficient (Wildman–Crippen LogP) is 2.36. The van der Waals surface area contributed by atoms with Gasteiger partial charge in [0.2, 0.25) is 15.9 Å². The van der Waals surface area contributed by atoms with Gasteiger partial charge in [0.25, 0.3) is 0 Å². The van der Waals surface area contributed by atoms with Gasteiger partial charge >= 0.3 is 0 Å². The molecule has 0 amide bonds. The number of rotatable bonds is 0. The monoisotopic (exact) mass is 298 g/mol. The highest BCUT2D eigenvalue weighted by atomic mass is 35.5. The molecule has 2 rings (SSSR count). The molecule has 0 spiro atoms. The van der Waals surface area contributed by atoms with Gasteiger partial charge in [-0.15, -0.1) is 10.2 Å². The Balaban J connectivity index is 0.000000165. The summed E-state index contributed by atoms with van der Waals surface area (Å²) in [5.74, 6) is 0. The average Bonchev–Trinajstić information content (AvgIpc) is 2.17. The Bertz CT molecular complexity index is 402. The maximum Gasteiger partial charge on any atom is 0.227 e. The van der Waals surface area contributed by atoms with Crippen LogP contribution < -0.4 is 0 Å². The molecule has 0 fully saturated rings. The zero-order valence-electron chi connectivity index (χ0n) is 7.35. The molecule has 2 aromatic heterocycles. The minimum atomic E-state index is 0.000000000000000444. The number of nitrogens with zero attached hydrogens (tertiary/aromatic N) is 6. The largest absolute Gasteiger partial charge is 0.227 e. The molecule has 16 heavy (non-hydrogen) atoms. The standard InChI is InChI=1S/C3Cl3N3.C3H2ClN3/c4-1-7-2(5)9-3(6)8-1;4-3-1-2-5-7-6-3/h;1-2H. The summed E-state index contributed by atoms with van der Waals surface area (Å²) in [6.07, 6.45) is 1.48. The van der Waals surface area contributed by atoms with Crippen LogP contribution in [0.25, 0.3) is 0 Å². The molecule has 84 valence electrons. The Morgan fingerprint density at radius 1 is 0.812 bits per heavy atom. The number of aromatic nitrogens is 6. The molecular weight excluding hydrogens is 298 g/mol. The second-order valence-electron chi connectivity index (χ2n) is 2.09. The van der Waals surface area contributed by atoms with Gasteiger partial charge in [0.1, 0.15) is 0 Å². The van der Waals surface area contributed by atoms with E-state index in [0.717, 1.165) is 0 Å². The SMILES string of the molecule is Clc1ccnnn1.Clc1nc(Cl)nc(Cl)n1. The molecule has 2 aromatic rings. The molecule has 10 heteroatoms. The highest BCUT2D eigenvalue weighted by Crippen LogP contribution is 2.08. The van der Waals surface area contributed by atoms with E-state index < -0.39 is 0 Å². The lowest BCUT2D eigenvalue weighted by atomic mass is 10.7. The molecule has 0 saturated heterocycles. The fraction of sp³-hybridized carbons (Fsp3) is 0. The van der Waals surface area contributed by atoms with E-state index in [-0.39, 0.29) is 15.9 Å². The van der Waals surface area contributed by atoms with Crippen LogP contribution in [0.5, 0.6) is 0 Å². The molecule has 2 heterocycles. The van der Waals surface area contributed by atoms with Crippen molar-refractivity contribution >= 4 is 46.4 Å². The molecule has 0 unspecified atom stereocenters. The van der Waals surface area contributed by atoms with Gasteiger partial charge < -0.3 is 0 Å². The maximum absolute atomic E-state index is 5.33. The zero-order valence-corrected chi connectivity index (χ0v) is 10.4. The van der Waals surface area contributed by atoms with Crippen LogP contribution in [0.4, 0.5) is 0 Å². The normalized spacial score (nSPS) is 9.25. The Kier molecular flexibility index (Phi) is 5.54. The first-order valence-corrected chi connectivity index (χ1v) is 5.11. The fourth-order valence-corrected chi connectivity index (χ4v) is 1.23. The summed E-state index contributed by atoms with van der Waals surface area (Å²) in [5, 5.41) is 10.4. The van der Waals surface area contributed by atoms with Crippen LogP contribution in [0.3, 0.4) is 0 Å². The van der Waals surface area contributed by atoms with Crippen LogP contribution in [0.1, 0.15) is 0 Å². The molecular formula is C6H2Cl4N6. The summed E-state index contributed by atoms with van der Waals surface area (Å²) in [6.45, 7) is 0. The summed E-state index contributed by atoms with van der Waals surface area (Å²) in [7, 11) is 0. The molecule has 0 atom stereocenters. The van der Waals surface area contributed by atoms with E-state index in [2.05, 4.69) is 30.4 Å². The Morgan fingerprint density at radius 2 is 1.31 bits per heavy atom. The van der Waals surface area contributed by atoms with E-state index in [1.807, 2.05) is 0 Å². The highest BCUT2D eigenvalue weighted by Gasteiger charge is 1.97. The van der Waals surface area contributed by atoms with E-state index in [1.165, 1.54) is 6.20 Å². The lowest BCUT2D eigenvalue weighted by Crippen LogP contribution is -1.87. The van der Waals surface area contributed by atoms with Gasteiger partial charge in [-0.2, -0.15) is 15.0 Å². The quantitative estimate of drug-likeness (QED) is 0.743. The van der Waals surface area contributed by atoms with Crippen LogP contribution in [0, 0.1) is 0 Å². The molecule has 0 aromatic carbocycles. The number of hydrogen-bond donors (Lipinski definition) is 0. The van der Waals surface area contributed by atoms with Gasteiger partial charge in [-0.25, -0.2) is 0 Å². The molecule has 0 radical (unpaired) electrons. The molecule has 0 bridgehead atoms. The summed E-state index contributed by atoms with van der Waals surface area (Å²) in [6, 6.07) is 1.56. The third-order valence-electron chi connectivity index (χ3n) is 1.02. The Morgan fingerprint density at radius 3 is 1.56 bits per heavy atom. The van der Waals surface area contributed by atoms with Crippen molar-refractivity contribution in [2.45, 2.75) is 0 Å². The van der Waals surface area contributed by atoms with Gasteiger partial charge in [0.05, 0.1) is 6.20 Å². The van der Waals surface area contributed by atoms with Crippen molar-refractivity contribution in [3.8, 4) is 0 Å². The highest BCUT2D eigenvalue weighted by molar-refractivity contribution is 6.33. The lowest BCUT2D eigenvalue weighted by Gasteiger charge is -1.88. The van der Waals surface area contributed by atoms with Gasteiger partial charge in [0.15, 0.2) is 5.15 Å². The van der Waals surface area contributed by atoms with E-state index in [9.17, 15) is 0 Å². The van der Waals surface area contributed by atoms with Crippen LogP contribution >= 0.6 is 46.4 Å². The predicted molar refractivity (Wildman–Crippen MR) is 59.7 cm³/mol. The average molecular weight is 300 g/mol. The van der Waals surface area contributed by atoms with Crippen molar-refractivity contribution in [2.24, 2.45) is 0 Å². The minimum Gasteiger partial charge on any atom is -0.187 e. The van der Waals surface area contributed by atoms with E-state index in [1.54, 1.807) is 6.07 Å². The van der Waals surface area contributed by atoms with Crippen LogP contribution in [-0.4, -0.2) is 30.4 Å². The topological polar surface area (TPSA) is 77.3 Å². The smallest absolute Gasteiger partial charge is 0.187 e. The van der Waals surface area contributed by atoms with E-state index in [0.29, 0.717) is 5.15 Å². The van der Waals surface area contributed by atoms with Crippen molar-refractivity contribution in [2.75, 3.05) is 0 Å². The zero-order chi connectivity index (χ0) is 12.0. The minimum absolute atomic E-state index is 0.000000000000000444. The van der Waals surface area contributed by atoms with Crippen molar-refractivity contribution in [1.82, 2.24) is 30.4 Å². The van der Waals surface area contributed by atoms with E-state index in [4.69, 9.17) is 46.4 Å². The first-order valence-electron chi connectivity index (χ1n) is 3.60. The summed E-state index contributed by atoms with van der Waals surface area (Å²) >= 11 is 21.3. The van der Waals surface area contributed by atoms with Crippen molar-refractivity contribution < 1.29 is 0 Å². The van der Waals surface area contributed by atoms with E-state index >= 15 is 0 Å². The molecule has 0 aliphatic rings. The lowest BCUT2D eigenvalue weighted by molar-refractivity contribution is 0.865. The molecule has 0 saturated carbocycles. The summed E-state index contributed by atoms with van der Waals surface area (Å²) in [4.78, 5) is 10.4. The third-order valence-corrected chi connectivity index (χ3v) is 1.73. The Labute approximate surface area is 110 Å². The van der Waals surface area contributed by atoms with Crippen molar-refractivity contribution in [3.63, 3.8) is 0 Å². The third kappa shape index (κ3) is 5.32. The maximum atomic E-state index is 5.33. The molecule has 6 nitrogen and oxygen atoms in total. The first-order chi connectivity index (χ1) is 7.58. The number of halogens is 4. The van der Waals surface area contributed by atoms with Gasteiger partial charge in [-0.1, -0.05) is 11.6 Å². The van der Waals surface area contributed by atoms with Gasteiger partial charge in [-0.3, -0.25) is 0 Å². The van der Waals surface area contributed by atoms with Crippen LogP contribution in [0.2, 0.25) is 21.0 Å². The van der Waals surface area contributed by atoms with Gasteiger partial charge in [-0.05, 0) is 46.1 Å². The van der Waals surface area contributed by atoms with Crippen LogP contribution in [-0.2, 0) is 0 Å². The number of hydrogen-bond acceptors (Lipinski definition) is 6. The van der Waals surface area contributed by atoms with Crippen molar-refractivity contribution in [1.29, 1.82) is 0 Å². The first kappa shape index (κ1) is 13.2. The van der Waals surface area contributed by atoms with Crippen molar-refractivity contribution in [3.05, 3.63) is 33.3 Å². The summed E-state index contributed by atoms with van der Waals surface area (Å²) < 4.78 is 0. The van der Waals surface area contributed by atoms with Gasteiger partial charge in [0, 0.05) is 0 Å². The summed E-state index contributed by atoms with van der Waals surface area (Å²) in [5.41, 5.74) is 0.